The monoisotopic (exact) mass is 425 g/mol. The summed E-state index contributed by atoms with van der Waals surface area (Å²) < 4.78 is 13.6. The normalized spacial score (nSPS) is 16.0. The number of nitrogens with zero attached hydrogens (tertiary/aromatic N) is 1. The highest BCUT2D eigenvalue weighted by molar-refractivity contribution is 5.86. The van der Waals surface area contributed by atoms with Crippen molar-refractivity contribution < 1.29 is 24.5 Å². The zero-order valence-corrected chi connectivity index (χ0v) is 17.7. The van der Waals surface area contributed by atoms with Crippen molar-refractivity contribution >= 4 is 11.5 Å². The first-order valence-electron chi connectivity index (χ1n) is 10.4. The van der Waals surface area contributed by atoms with Crippen LogP contribution in [0, 0.1) is 5.82 Å². The molecule has 6 heteroatoms. The van der Waals surface area contributed by atoms with Gasteiger partial charge in [0.05, 0.1) is 18.6 Å². The fourth-order valence-electron chi connectivity index (χ4n) is 3.86. The van der Waals surface area contributed by atoms with Crippen LogP contribution in [0.1, 0.15) is 43.4 Å². The Morgan fingerprint density at radius 3 is 2.45 bits per heavy atom. The standard InChI is InChI=1S/C25H28FNO4/c1-16(2)27-15-18-5-3-4-6-22(18)25(17-7-9-19(26)10-8-17)23(27)12-11-20(28)13-21(29)14-24(30)31/h3-12,16,20-21,28-29H,13-15H2,1-2H3,(H,30,31). The second kappa shape index (κ2) is 9.90. The highest BCUT2D eigenvalue weighted by atomic mass is 19.1. The Hall–Kier alpha value is -2.96. The molecule has 2 atom stereocenters. The van der Waals surface area contributed by atoms with E-state index in [1.54, 1.807) is 18.2 Å². The Balaban J connectivity index is 2.05. The maximum Gasteiger partial charge on any atom is 0.305 e. The van der Waals surface area contributed by atoms with Crippen molar-refractivity contribution in [3.8, 4) is 0 Å². The number of allylic oxidation sites excluding steroid dienone is 1. The average Bonchev–Trinajstić information content (AvgIpc) is 2.71. The van der Waals surface area contributed by atoms with E-state index in [2.05, 4.69) is 24.8 Å². The van der Waals surface area contributed by atoms with Gasteiger partial charge in [-0.2, -0.15) is 0 Å². The molecule has 1 heterocycles. The lowest BCUT2D eigenvalue weighted by Crippen LogP contribution is -2.33. The van der Waals surface area contributed by atoms with Crippen LogP contribution in [0.15, 0.2) is 66.4 Å². The van der Waals surface area contributed by atoms with Gasteiger partial charge in [-0.15, -0.1) is 0 Å². The minimum absolute atomic E-state index is 0.0692. The molecule has 2 aromatic rings. The lowest BCUT2D eigenvalue weighted by molar-refractivity contribution is -0.139. The van der Waals surface area contributed by atoms with E-state index in [0.29, 0.717) is 6.54 Å². The number of hydrogen-bond donors (Lipinski definition) is 3. The maximum atomic E-state index is 13.6. The number of fused-ring (bicyclic) bond motifs is 1. The summed E-state index contributed by atoms with van der Waals surface area (Å²) in [5.74, 6) is -1.42. The number of carbonyl (C=O) groups is 1. The Kier molecular flexibility index (Phi) is 7.25. The molecule has 0 fully saturated rings. The third-order valence-corrected chi connectivity index (χ3v) is 5.35. The highest BCUT2D eigenvalue weighted by Gasteiger charge is 2.26. The van der Waals surface area contributed by atoms with Crippen molar-refractivity contribution in [1.82, 2.24) is 4.90 Å². The minimum atomic E-state index is -1.13. The van der Waals surface area contributed by atoms with Gasteiger partial charge in [0.1, 0.15) is 5.82 Å². The first kappa shape index (κ1) is 22.7. The molecule has 2 aromatic carbocycles. The van der Waals surface area contributed by atoms with E-state index in [-0.39, 0.29) is 18.3 Å². The van der Waals surface area contributed by atoms with Crippen LogP contribution < -0.4 is 0 Å². The molecule has 1 aliphatic heterocycles. The summed E-state index contributed by atoms with van der Waals surface area (Å²) >= 11 is 0. The fourth-order valence-corrected chi connectivity index (χ4v) is 3.86. The Labute approximate surface area is 181 Å². The summed E-state index contributed by atoms with van der Waals surface area (Å²) in [6.07, 6.45) is 0.777. The van der Waals surface area contributed by atoms with Gasteiger partial charge in [-0.1, -0.05) is 42.5 Å². The molecule has 1 aliphatic rings. The van der Waals surface area contributed by atoms with Crippen LogP contribution in [0.25, 0.3) is 5.57 Å². The molecular formula is C25H28FNO4. The zero-order chi connectivity index (χ0) is 22.5. The van der Waals surface area contributed by atoms with Crippen molar-refractivity contribution in [3.63, 3.8) is 0 Å². The van der Waals surface area contributed by atoms with Gasteiger partial charge < -0.3 is 20.2 Å². The number of aliphatic hydroxyl groups excluding tert-OH is 2. The van der Waals surface area contributed by atoms with Gasteiger partial charge in [-0.3, -0.25) is 4.79 Å². The van der Waals surface area contributed by atoms with E-state index in [4.69, 9.17) is 5.11 Å². The average molecular weight is 426 g/mol. The lowest BCUT2D eigenvalue weighted by atomic mass is 9.87. The van der Waals surface area contributed by atoms with E-state index in [9.17, 15) is 19.4 Å². The number of carboxylic acid groups (broad SMARTS) is 1. The molecule has 0 aromatic heterocycles. The van der Waals surface area contributed by atoms with E-state index in [1.807, 2.05) is 24.3 Å². The smallest absolute Gasteiger partial charge is 0.305 e. The van der Waals surface area contributed by atoms with Gasteiger partial charge in [0.2, 0.25) is 0 Å². The summed E-state index contributed by atoms with van der Waals surface area (Å²) in [7, 11) is 0. The van der Waals surface area contributed by atoms with Crippen LogP contribution in [0.3, 0.4) is 0 Å². The molecule has 0 radical (unpaired) electrons. The SMILES string of the molecule is CC(C)N1Cc2ccccc2C(c2ccc(F)cc2)=C1C=CC(O)CC(O)CC(=O)O. The lowest BCUT2D eigenvalue weighted by Gasteiger charge is -2.37. The number of aliphatic carboxylic acids is 1. The van der Waals surface area contributed by atoms with E-state index < -0.39 is 24.6 Å². The highest BCUT2D eigenvalue weighted by Crippen LogP contribution is 2.38. The molecule has 5 nitrogen and oxygen atoms in total. The number of hydrogen-bond acceptors (Lipinski definition) is 4. The molecule has 0 aliphatic carbocycles. The summed E-state index contributed by atoms with van der Waals surface area (Å²) in [6.45, 7) is 4.85. The van der Waals surface area contributed by atoms with Gasteiger partial charge >= 0.3 is 5.97 Å². The number of carboxylic acids is 1. The number of benzene rings is 2. The molecule has 0 saturated carbocycles. The number of aliphatic hydroxyl groups is 2. The first-order chi connectivity index (χ1) is 14.8. The molecule has 3 rings (SSSR count). The molecule has 31 heavy (non-hydrogen) atoms. The van der Waals surface area contributed by atoms with Gasteiger partial charge in [0.15, 0.2) is 0 Å². The molecule has 3 N–H and O–H groups in total. The topological polar surface area (TPSA) is 81.0 Å². The zero-order valence-electron chi connectivity index (χ0n) is 17.7. The van der Waals surface area contributed by atoms with E-state index in [1.165, 1.54) is 12.1 Å². The second-order valence-corrected chi connectivity index (χ2v) is 8.06. The summed E-state index contributed by atoms with van der Waals surface area (Å²) in [4.78, 5) is 13.0. The van der Waals surface area contributed by atoms with Crippen molar-refractivity contribution in [2.45, 2.75) is 51.5 Å². The predicted molar refractivity (Wildman–Crippen MR) is 118 cm³/mol. The summed E-state index contributed by atoms with van der Waals surface area (Å²) in [5, 5.41) is 29.0. The van der Waals surface area contributed by atoms with E-state index >= 15 is 0 Å². The van der Waals surface area contributed by atoms with Crippen LogP contribution in [0.5, 0.6) is 0 Å². The van der Waals surface area contributed by atoms with Gasteiger partial charge in [-0.25, -0.2) is 4.39 Å². The van der Waals surface area contributed by atoms with Gasteiger partial charge in [0, 0.05) is 30.3 Å². The maximum absolute atomic E-state index is 13.6. The Bertz CT molecular complexity index is 981. The molecule has 0 saturated heterocycles. The van der Waals surface area contributed by atoms with Crippen LogP contribution in [-0.4, -0.2) is 44.4 Å². The molecule has 0 spiro atoms. The predicted octanol–water partition coefficient (Wildman–Crippen LogP) is 3.95. The Morgan fingerprint density at radius 1 is 1.13 bits per heavy atom. The molecule has 0 amide bonds. The number of rotatable bonds is 8. The van der Waals surface area contributed by atoms with Crippen LogP contribution in [0.4, 0.5) is 4.39 Å². The quantitative estimate of drug-likeness (QED) is 0.597. The van der Waals surface area contributed by atoms with Crippen molar-refractivity contribution in [3.05, 3.63) is 88.9 Å². The third kappa shape index (κ3) is 5.60. The van der Waals surface area contributed by atoms with Crippen LogP contribution in [-0.2, 0) is 11.3 Å². The number of halogens is 1. The summed E-state index contributed by atoms with van der Waals surface area (Å²) in [5.41, 5.74) is 4.88. The minimum Gasteiger partial charge on any atom is -0.481 e. The van der Waals surface area contributed by atoms with Crippen LogP contribution in [0.2, 0.25) is 0 Å². The summed E-state index contributed by atoms with van der Waals surface area (Å²) in [6, 6.07) is 14.6. The largest absolute Gasteiger partial charge is 0.481 e. The third-order valence-electron chi connectivity index (χ3n) is 5.35. The molecular weight excluding hydrogens is 397 g/mol. The van der Waals surface area contributed by atoms with Gasteiger partial charge in [-0.05, 0) is 48.7 Å². The van der Waals surface area contributed by atoms with Crippen molar-refractivity contribution in [1.29, 1.82) is 0 Å². The van der Waals surface area contributed by atoms with E-state index in [0.717, 1.165) is 28.0 Å². The van der Waals surface area contributed by atoms with Gasteiger partial charge in [0.25, 0.3) is 0 Å². The van der Waals surface area contributed by atoms with Crippen LogP contribution >= 0.6 is 0 Å². The molecule has 164 valence electrons. The van der Waals surface area contributed by atoms with Crippen molar-refractivity contribution in [2.75, 3.05) is 0 Å². The molecule has 2 unspecified atom stereocenters. The Morgan fingerprint density at radius 2 is 1.81 bits per heavy atom. The fraction of sp³-hybridized carbons (Fsp3) is 0.320. The van der Waals surface area contributed by atoms with Crippen molar-refractivity contribution in [2.24, 2.45) is 0 Å². The molecule has 0 bridgehead atoms. The first-order valence-corrected chi connectivity index (χ1v) is 10.4. The second-order valence-electron chi connectivity index (χ2n) is 8.06.